The lowest BCUT2D eigenvalue weighted by Gasteiger charge is -1.98. The maximum atomic E-state index is 10.9. The van der Waals surface area contributed by atoms with Crippen LogP contribution in [0.1, 0.15) is 13.3 Å². The van der Waals surface area contributed by atoms with Gasteiger partial charge in [-0.25, -0.2) is 0 Å². The normalized spacial score (nSPS) is 25.9. The van der Waals surface area contributed by atoms with Crippen molar-refractivity contribution in [1.29, 1.82) is 0 Å². The largest absolute Gasteiger partial charge is 0.501 e. The Morgan fingerprint density at radius 1 is 1.70 bits per heavy atom. The summed E-state index contributed by atoms with van der Waals surface area (Å²) in [6, 6.07) is 0. The number of rotatable bonds is 1. The van der Waals surface area contributed by atoms with E-state index in [1.807, 2.05) is 0 Å². The summed E-state index contributed by atoms with van der Waals surface area (Å²) in [4.78, 5) is 10.9. The maximum absolute atomic E-state index is 10.9. The highest BCUT2D eigenvalue weighted by atomic mass is 16.5. The summed E-state index contributed by atoms with van der Waals surface area (Å²) in [5.74, 6) is 0.398. The number of ketones is 1. The maximum Gasteiger partial charge on any atom is 0.190 e. The van der Waals surface area contributed by atoms with Crippen molar-refractivity contribution in [1.82, 2.24) is 0 Å². The van der Waals surface area contributed by atoms with Crippen molar-refractivity contribution in [3.63, 3.8) is 0 Å². The number of ether oxygens (including phenoxy) is 1. The molecule has 1 N–H and O–H groups in total. The van der Waals surface area contributed by atoms with E-state index in [0.717, 1.165) is 0 Å². The molecular formula is C7H10O3. The summed E-state index contributed by atoms with van der Waals surface area (Å²) in [7, 11) is 1.50. The molecule has 0 saturated heterocycles. The second-order valence-electron chi connectivity index (χ2n) is 2.34. The molecule has 3 nitrogen and oxygen atoms in total. The number of aliphatic hydroxyl groups is 1. The molecule has 1 atom stereocenters. The van der Waals surface area contributed by atoms with E-state index in [0.29, 0.717) is 17.8 Å². The molecule has 0 aromatic heterocycles. The SMILES string of the molecule is COC1=C(C)C(=O)[C@H](O)C1. The molecule has 0 spiro atoms. The van der Waals surface area contributed by atoms with Gasteiger partial charge in [0.15, 0.2) is 5.78 Å². The van der Waals surface area contributed by atoms with Gasteiger partial charge in [-0.2, -0.15) is 0 Å². The van der Waals surface area contributed by atoms with Gasteiger partial charge in [-0.05, 0) is 6.92 Å². The van der Waals surface area contributed by atoms with Crippen molar-refractivity contribution in [2.75, 3.05) is 7.11 Å². The number of aliphatic hydroxyl groups excluding tert-OH is 1. The van der Waals surface area contributed by atoms with Crippen LogP contribution in [0.4, 0.5) is 0 Å². The van der Waals surface area contributed by atoms with Crippen molar-refractivity contribution in [2.24, 2.45) is 0 Å². The Balaban J connectivity index is 2.83. The fraction of sp³-hybridized carbons (Fsp3) is 0.571. The molecular weight excluding hydrogens is 132 g/mol. The Morgan fingerprint density at radius 2 is 2.30 bits per heavy atom. The van der Waals surface area contributed by atoms with Crippen molar-refractivity contribution in [3.8, 4) is 0 Å². The standard InChI is InChI=1S/C7H10O3/c1-4-6(10-2)3-5(8)7(4)9/h5,8H,3H2,1-2H3/t5-/m1/s1. The van der Waals surface area contributed by atoms with Crippen molar-refractivity contribution in [3.05, 3.63) is 11.3 Å². The summed E-state index contributed by atoms with van der Waals surface area (Å²) < 4.78 is 4.86. The van der Waals surface area contributed by atoms with E-state index in [4.69, 9.17) is 9.84 Å². The number of carbonyl (C=O) groups excluding carboxylic acids is 1. The van der Waals surface area contributed by atoms with Crippen LogP contribution in [0.3, 0.4) is 0 Å². The van der Waals surface area contributed by atoms with Gasteiger partial charge in [-0.3, -0.25) is 4.79 Å². The van der Waals surface area contributed by atoms with Crippen LogP contribution < -0.4 is 0 Å². The Bertz CT molecular complexity index is 193. The highest BCUT2D eigenvalue weighted by Gasteiger charge is 2.29. The minimum absolute atomic E-state index is 0.211. The quantitative estimate of drug-likeness (QED) is 0.570. The Morgan fingerprint density at radius 3 is 2.50 bits per heavy atom. The van der Waals surface area contributed by atoms with Crippen LogP contribution in [-0.2, 0) is 9.53 Å². The van der Waals surface area contributed by atoms with E-state index in [9.17, 15) is 4.79 Å². The topological polar surface area (TPSA) is 46.5 Å². The molecule has 1 aliphatic carbocycles. The number of hydrogen-bond acceptors (Lipinski definition) is 3. The zero-order valence-corrected chi connectivity index (χ0v) is 6.05. The second-order valence-corrected chi connectivity index (χ2v) is 2.34. The van der Waals surface area contributed by atoms with E-state index < -0.39 is 6.10 Å². The van der Waals surface area contributed by atoms with Gasteiger partial charge in [0, 0.05) is 12.0 Å². The molecule has 0 radical (unpaired) electrons. The van der Waals surface area contributed by atoms with Crippen LogP contribution in [0.2, 0.25) is 0 Å². The average Bonchev–Trinajstić information content (AvgIpc) is 2.17. The average molecular weight is 142 g/mol. The first-order valence-electron chi connectivity index (χ1n) is 3.13. The van der Waals surface area contributed by atoms with Gasteiger partial charge in [-0.15, -0.1) is 0 Å². The third-order valence-electron chi connectivity index (χ3n) is 1.72. The molecule has 0 unspecified atom stereocenters. The first kappa shape index (κ1) is 7.28. The summed E-state index contributed by atoms with van der Waals surface area (Å²) in [5.41, 5.74) is 0.551. The number of Topliss-reactive ketones (excluding diaryl/α,β-unsaturated/α-hetero) is 1. The fourth-order valence-corrected chi connectivity index (χ4v) is 1.05. The summed E-state index contributed by atoms with van der Waals surface area (Å²) in [5, 5.41) is 9.00. The van der Waals surface area contributed by atoms with Crippen LogP contribution >= 0.6 is 0 Å². The minimum atomic E-state index is -0.866. The van der Waals surface area contributed by atoms with Crippen molar-refractivity contribution in [2.45, 2.75) is 19.4 Å². The zero-order valence-electron chi connectivity index (χ0n) is 6.05. The smallest absolute Gasteiger partial charge is 0.190 e. The molecule has 0 aromatic rings. The van der Waals surface area contributed by atoms with Gasteiger partial charge in [0.2, 0.25) is 0 Å². The molecule has 1 aliphatic rings. The van der Waals surface area contributed by atoms with Gasteiger partial charge in [0.25, 0.3) is 0 Å². The molecule has 0 aliphatic heterocycles. The van der Waals surface area contributed by atoms with Gasteiger partial charge in [0.05, 0.1) is 7.11 Å². The molecule has 0 amide bonds. The van der Waals surface area contributed by atoms with Crippen LogP contribution in [0, 0.1) is 0 Å². The molecule has 1 rings (SSSR count). The van der Waals surface area contributed by atoms with Crippen molar-refractivity contribution >= 4 is 5.78 Å². The van der Waals surface area contributed by atoms with E-state index in [1.54, 1.807) is 6.92 Å². The summed E-state index contributed by atoms with van der Waals surface area (Å²) >= 11 is 0. The van der Waals surface area contributed by atoms with Gasteiger partial charge in [0.1, 0.15) is 11.9 Å². The lowest BCUT2D eigenvalue weighted by molar-refractivity contribution is -0.122. The molecule has 3 heteroatoms. The lowest BCUT2D eigenvalue weighted by Crippen LogP contribution is -2.13. The van der Waals surface area contributed by atoms with Crippen LogP contribution in [-0.4, -0.2) is 24.1 Å². The second kappa shape index (κ2) is 2.42. The third kappa shape index (κ3) is 0.926. The minimum Gasteiger partial charge on any atom is -0.501 e. The molecule has 0 heterocycles. The fourth-order valence-electron chi connectivity index (χ4n) is 1.05. The van der Waals surface area contributed by atoms with Crippen LogP contribution in [0.5, 0.6) is 0 Å². The summed E-state index contributed by atoms with van der Waals surface area (Å²) in [6.45, 7) is 1.66. The highest BCUT2D eigenvalue weighted by molar-refractivity contribution is 6.01. The number of hydrogen-bond donors (Lipinski definition) is 1. The predicted octanol–water partition coefficient (Wildman–Crippen LogP) is 0.240. The molecule has 0 aromatic carbocycles. The van der Waals surface area contributed by atoms with Gasteiger partial charge >= 0.3 is 0 Å². The molecule has 56 valence electrons. The number of carbonyl (C=O) groups is 1. The van der Waals surface area contributed by atoms with E-state index in [-0.39, 0.29) is 5.78 Å². The Kier molecular flexibility index (Phi) is 1.76. The monoisotopic (exact) mass is 142 g/mol. The zero-order chi connectivity index (χ0) is 7.72. The van der Waals surface area contributed by atoms with Crippen LogP contribution in [0.15, 0.2) is 11.3 Å². The molecule has 0 bridgehead atoms. The van der Waals surface area contributed by atoms with Crippen LogP contribution in [0.25, 0.3) is 0 Å². The van der Waals surface area contributed by atoms with E-state index in [2.05, 4.69) is 0 Å². The van der Waals surface area contributed by atoms with Gasteiger partial charge < -0.3 is 9.84 Å². The first-order valence-corrected chi connectivity index (χ1v) is 3.13. The van der Waals surface area contributed by atoms with E-state index in [1.165, 1.54) is 7.11 Å². The lowest BCUT2D eigenvalue weighted by atomic mass is 10.2. The highest BCUT2D eigenvalue weighted by Crippen LogP contribution is 2.22. The Labute approximate surface area is 59.3 Å². The Hall–Kier alpha value is -0.830. The van der Waals surface area contributed by atoms with Gasteiger partial charge in [-0.1, -0.05) is 0 Å². The molecule has 0 saturated carbocycles. The molecule has 0 fully saturated rings. The predicted molar refractivity (Wildman–Crippen MR) is 35.3 cm³/mol. The summed E-state index contributed by atoms with van der Waals surface area (Å²) in [6.07, 6.45) is -0.531. The first-order chi connectivity index (χ1) is 4.66. The van der Waals surface area contributed by atoms with E-state index >= 15 is 0 Å². The molecule has 10 heavy (non-hydrogen) atoms. The number of methoxy groups -OCH3 is 1. The third-order valence-corrected chi connectivity index (χ3v) is 1.72. The van der Waals surface area contributed by atoms with Crippen molar-refractivity contribution < 1.29 is 14.6 Å².